The van der Waals surface area contributed by atoms with E-state index in [0.717, 1.165) is 13.0 Å². The molecule has 1 saturated heterocycles. The highest BCUT2D eigenvalue weighted by molar-refractivity contribution is 5.69. The molecule has 0 aromatic carbocycles. The zero-order chi connectivity index (χ0) is 13.8. The molecule has 1 aliphatic heterocycles. The Balaban J connectivity index is 2.14. The van der Waals surface area contributed by atoms with Crippen molar-refractivity contribution >= 4 is 6.09 Å². The molecular weight excluding hydrogens is 232 g/mol. The summed E-state index contributed by atoms with van der Waals surface area (Å²) in [6.45, 7) is 10.3. The smallest absolute Gasteiger partial charge is 0.410 e. The van der Waals surface area contributed by atoms with Gasteiger partial charge >= 0.3 is 6.09 Å². The minimum atomic E-state index is -0.425. The van der Waals surface area contributed by atoms with E-state index in [1.165, 1.54) is 0 Å². The summed E-state index contributed by atoms with van der Waals surface area (Å²) in [7, 11) is 0. The first-order valence-electron chi connectivity index (χ1n) is 6.64. The second-order valence-corrected chi connectivity index (χ2v) is 6.11. The number of ether oxygens (including phenoxy) is 1. The van der Waals surface area contributed by atoms with Gasteiger partial charge in [0.2, 0.25) is 0 Å². The number of carbonyl (C=O) groups is 1. The molecule has 0 aliphatic carbocycles. The van der Waals surface area contributed by atoms with Crippen LogP contribution in [0.4, 0.5) is 4.79 Å². The molecule has 2 N–H and O–H groups in total. The van der Waals surface area contributed by atoms with Gasteiger partial charge < -0.3 is 20.1 Å². The van der Waals surface area contributed by atoms with Gasteiger partial charge in [0.05, 0.1) is 0 Å². The summed E-state index contributed by atoms with van der Waals surface area (Å²) in [5, 5.41) is 12.2. The first-order valence-corrected chi connectivity index (χ1v) is 6.64. The molecule has 5 nitrogen and oxygen atoms in total. The van der Waals surface area contributed by atoms with Crippen LogP contribution in [0.5, 0.6) is 0 Å². The van der Waals surface area contributed by atoms with Gasteiger partial charge in [-0.3, -0.25) is 0 Å². The van der Waals surface area contributed by atoms with Gasteiger partial charge in [0.1, 0.15) is 5.60 Å². The quantitative estimate of drug-likeness (QED) is 0.778. The van der Waals surface area contributed by atoms with Gasteiger partial charge in [-0.25, -0.2) is 4.79 Å². The lowest BCUT2D eigenvalue weighted by Crippen LogP contribution is -2.61. The largest absolute Gasteiger partial charge is 0.444 e. The number of aliphatic hydroxyl groups excluding tert-OH is 1. The number of hydrogen-bond donors (Lipinski definition) is 2. The molecule has 0 spiro atoms. The predicted octanol–water partition coefficient (Wildman–Crippen LogP) is 1.21. The van der Waals surface area contributed by atoms with Crippen LogP contribution in [0.3, 0.4) is 0 Å². The SMILES string of the molecule is CC(CCO)CNC1CN(C(=O)OC(C)(C)C)C1. The Hall–Kier alpha value is -0.810. The van der Waals surface area contributed by atoms with E-state index in [0.29, 0.717) is 25.0 Å². The molecule has 1 atom stereocenters. The molecule has 0 aromatic heterocycles. The number of amides is 1. The van der Waals surface area contributed by atoms with Crippen molar-refractivity contribution in [3.63, 3.8) is 0 Å². The van der Waals surface area contributed by atoms with Crippen molar-refractivity contribution in [3.05, 3.63) is 0 Å². The van der Waals surface area contributed by atoms with Gasteiger partial charge in [-0.05, 0) is 39.7 Å². The van der Waals surface area contributed by atoms with Crippen LogP contribution < -0.4 is 5.32 Å². The van der Waals surface area contributed by atoms with E-state index in [-0.39, 0.29) is 12.7 Å². The summed E-state index contributed by atoms with van der Waals surface area (Å²) >= 11 is 0. The fourth-order valence-corrected chi connectivity index (χ4v) is 1.77. The van der Waals surface area contributed by atoms with Crippen LogP contribution in [0.1, 0.15) is 34.1 Å². The number of nitrogens with one attached hydrogen (secondary N) is 1. The van der Waals surface area contributed by atoms with Crippen LogP contribution in [0.2, 0.25) is 0 Å². The van der Waals surface area contributed by atoms with Crippen molar-refractivity contribution in [2.45, 2.75) is 45.8 Å². The molecule has 0 aromatic rings. The van der Waals surface area contributed by atoms with Gasteiger partial charge in [-0.2, -0.15) is 0 Å². The Kier molecular flexibility index (Phi) is 5.41. The Labute approximate surface area is 109 Å². The molecule has 1 fully saturated rings. The van der Waals surface area contributed by atoms with Crippen molar-refractivity contribution in [1.29, 1.82) is 0 Å². The molecule has 1 rings (SSSR count). The molecule has 18 heavy (non-hydrogen) atoms. The minimum absolute atomic E-state index is 0.232. The van der Waals surface area contributed by atoms with Crippen LogP contribution in [-0.4, -0.2) is 54.0 Å². The number of rotatable bonds is 5. The average Bonchev–Trinajstić information content (AvgIpc) is 2.12. The van der Waals surface area contributed by atoms with E-state index in [2.05, 4.69) is 12.2 Å². The third-order valence-electron chi connectivity index (χ3n) is 2.91. The van der Waals surface area contributed by atoms with Gasteiger partial charge in [0, 0.05) is 25.7 Å². The third-order valence-corrected chi connectivity index (χ3v) is 2.91. The highest BCUT2D eigenvalue weighted by Crippen LogP contribution is 2.15. The number of carbonyl (C=O) groups excluding carboxylic acids is 1. The zero-order valence-electron chi connectivity index (χ0n) is 11.9. The average molecular weight is 258 g/mol. The monoisotopic (exact) mass is 258 g/mol. The molecule has 106 valence electrons. The number of aliphatic hydroxyl groups is 1. The Bertz CT molecular complexity index is 270. The molecule has 1 unspecified atom stereocenters. The summed E-state index contributed by atoms with van der Waals surface area (Å²) in [4.78, 5) is 13.4. The van der Waals surface area contributed by atoms with Crippen LogP contribution >= 0.6 is 0 Å². The van der Waals surface area contributed by atoms with Crippen molar-refractivity contribution in [2.75, 3.05) is 26.2 Å². The number of nitrogens with zero attached hydrogens (tertiary/aromatic N) is 1. The molecule has 0 radical (unpaired) electrons. The zero-order valence-corrected chi connectivity index (χ0v) is 11.9. The fraction of sp³-hybridized carbons (Fsp3) is 0.923. The normalized spacial score (nSPS) is 18.4. The van der Waals surface area contributed by atoms with Crippen molar-refractivity contribution in [2.24, 2.45) is 5.92 Å². The van der Waals surface area contributed by atoms with Crippen LogP contribution in [-0.2, 0) is 4.74 Å². The molecular formula is C13H26N2O3. The van der Waals surface area contributed by atoms with Gasteiger partial charge in [0.25, 0.3) is 0 Å². The lowest BCUT2D eigenvalue weighted by Gasteiger charge is -2.40. The number of likely N-dealkylation sites (tertiary alicyclic amines) is 1. The highest BCUT2D eigenvalue weighted by atomic mass is 16.6. The van der Waals surface area contributed by atoms with Crippen molar-refractivity contribution < 1.29 is 14.6 Å². The summed E-state index contributed by atoms with van der Waals surface area (Å²) in [6.07, 6.45) is 0.583. The Morgan fingerprint density at radius 3 is 2.61 bits per heavy atom. The van der Waals surface area contributed by atoms with Crippen molar-refractivity contribution in [1.82, 2.24) is 10.2 Å². The summed E-state index contributed by atoms with van der Waals surface area (Å²) in [5.74, 6) is 0.463. The predicted molar refractivity (Wildman–Crippen MR) is 70.5 cm³/mol. The van der Waals surface area contributed by atoms with Crippen LogP contribution in [0.25, 0.3) is 0 Å². The Morgan fingerprint density at radius 1 is 1.50 bits per heavy atom. The maximum absolute atomic E-state index is 11.7. The lowest BCUT2D eigenvalue weighted by atomic mass is 10.1. The van der Waals surface area contributed by atoms with E-state index in [4.69, 9.17) is 9.84 Å². The van der Waals surface area contributed by atoms with Gasteiger partial charge in [-0.15, -0.1) is 0 Å². The van der Waals surface area contributed by atoms with E-state index >= 15 is 0 Å². The third kappa shape index (κ3) is 5.23. The first-order chi connectivity index (χ1) is 8.31. The molecule has 0 bridgehead atoms. The molecule has 1 heterocycles. The second-order valence-electron chi connectivity index (χ2n) is 6.11. The van der Waals surface area contributed by atoms with E-state index in [1.54, 1.807) is 4.90 Å². The van der Waals surface area contributed by atoms with Crippen molar-refractivity contribution in [3.8, 4) is 0 Å². The van der Waals surface area contributed by atoms with E-state index in [9.17, 15) is 4.79 Å². The molecule has 0 saturated carbocycles. The van der Waals surface area contributed by atoms with Crippen LogP contribution in [0, 0.1) is 5.92 Å². The topological polar surface area (TPSA) is 61.8 Å². The Morgan fingerprint density at radius 2 is 2.11 bits per heavy atom. The maximum Gasteiger partial charge on any atom is 0.410 e. The standard InChI is InChI=1S/C13H26N2O3/c1-10(5-6-16)7-14-11-8-15(9-11)12(17)18-13(2,3)4/h10-11,14,16H,5-9H2,1-4H3. The van der Waals surface area contributed by atoms with Crippen LogP contribution in [0.15, 0.2) is 0 Å². The highest BCUT2D eigenvalue weighted by Gasteiger charge is 2.33. The van der Waals surface area contributed by atoms with Gasteiger partial charge in [-0.1, -0.05) is 6.92 Å². The minimum Gasteiger partial charge on any atom is -0.444 e. The second kappa shape index (κ2) is 6.38. The first kappa shape index (κ1) is 15.2. The number of hydrogen-bond acceptors (Lipinski definition) is 4. The van der Waals surface area contributed by atoms with Gasteiger partial charge in [0.15, 0.2) is 0 Å². The summed E-state index contributed by atoms with van der Waals surface area (Å²) in [5.41, 5.74) is -0.425. The maximum atomic E-state index is 11.7. The lowest BCUT2D eigenvalue weighted by molar-refractivity contribution is 0.00502. The molecule has 1 amide bonds. The molecule has 1 aliphatic rings. The summed E-state index contributed by atoms with van der Waals surface area (Å²) in [6, 6.07) is 0.360. The summed E-state index contributed by atoms with van der Waals surface area (Å²) < 4.78 is 5.28. The van der Waals surface area contributed by atoms with E-state index in [1.807, 2.05) is 20.8 Å². The molecule has 5 heteroatoms. The van der Waals surface area contributed by atoms with E-state index < -0.39 is 5.60 Å². The fourth-order valence-electron chi connectivity index (χ4n) is 1.77.